The number of aromatic nitrogens is 2. The van der Waals surface area contributed by atoms with Gasteiger partial charge in [0.25, 0.3) is 0 Å². The molecule has 3 aliphatic rings. The van der Waals surface area contributed by atoms with Gasteiger partial charge in [0, 0.05) is 50.6 Å². The van der Waals surface area contributed by atoms with Crippen LogP contribution < -0.4 is 4.90 Å². The van der Waals surface area contributed by atoms with Gasteiger partial charge in [0.2, 0.25) is 5.91 Å². The average molecular weight is 506 g/mol. The molecule has 0 saturated carbocycles. The van der Waals surface area contributed by atoms with Crippen LogP contribution in [0.3, 0.4) is 0 Å². The Morgan fingerprint density at radius 3 is 2.50 bits per heavy atom. The van der Waals surface area contributed by atoms with E-state index in [9.17, 15) is 4.79 Å². The Labute approximate surface area is 217 Å². The summed E-state index contributed by atoms with van der Waals surface area (Å²) < 4.78 is 5.40. The molecule has 2 aliphatic heterocycles. The lowest BCUT2D eigenvalue weighted by Gasteiger charge is -2.37. The van der Waals surface area contributed by atoms with Crippen molar-refractivity contribution in [3.8, 4) is 0 Å². The number of benzene rings is 1. The molecule has 190 valence electrons. The largest absolute Gasteiger partial charge is 0.378 e. The summed E-state index contributed by atoms with van der Waals surface area (Å²) in [5.41, 5.74) is 2.74. The van der Waals surface area contributed by atoms with Gasteiger partial charge in [-0.1, -0.05) is 36.8 Å². The van der Waals surface area contributed by atoms with Crippen molar-refractivity contribution in [2.24, 2.45) is 0 Å². The molecule has 0 radical (unpaired) electrons. The first-order valence-electron chi connectivity index (χ1n) is 13.4. The van der Waals surface area contributed by atoms with Crippen LogP contribution in [-0.4, -0.2) is 84.7 Å². The van der Waals surface area contributed by atoms with Gasteiger partial charge in [-0.15, -0.1) is 11.3 Å². The Morgan fingerprint density at radius 1 is 0.917 bits per heavy atom. The van der Waals surface area contributed by atoms with Crippen molar-refractivity contribution in [1.82, 2.24) is 19.8 Å². The van der Waals surface area contributed by atoms with Crippen molar-refractivity contribution in [2.75, 3.05) is 63.9 Å². The molecule has 3 aromatic rings. The van der Waals surface area contributed by atoms with Crippen LogP contribution in [0.25, 0.3) is 10.2 Å². The van der Waals surface area contributed by atoms with E-state index in [1.165, 1.54) is 47.1 Å². The van der Waals surface area contributed by atoms with E-state index in [2.05, 4.69) is 40.1 Å². The van der Waals surface area contributed by atoms with Crippen LogP contribution in [0.5, 0.6) is 0 Å². The maximum Gasteiger partial charge on any atom is 0.236 e. The van der Waals surface area contributed by atoms with Gasteiger partial charge in [-0.05, 0) is 36.8 Å². The number of ether oxygens (including phenoxy) is 1. The van der Waals surface area contributed by atoms with E-state index in [-0.39, 0.29) is 5.91 Å². The highest BCUT2D eigenvalue weighted by atomic mass is 32.1. The quantitative estimate of drug-likeness (QED) is 0.495. The molecule has 2 saturated heterocycles. The van der Waals surface area contributed by atoms with Gasteiger partial charge in [-0.2, -0.15) is 0 Å². The Balaban J connectivity index is 1.24. The number of morpholine rings is 1. The van der Waals surface area contributed by atoms with Crippen molar-refractivity contribution < 1.29 is 9.53 Å². The number of aryl methyl sites for hydroxylation is 2. The third-order valence-corrected chi connectivity index (χ3v) is 8.88. The molecular weight excluding hydrogens is 470 g/mol. The van der Waals surface area contributed by atoms with E-state index in [1.54, 1.807) is 0 Å². The van der Waals surface area contributed by atoms with Gasteiger partial charge >= 0.3 is 0 Å². The number of anilines is 1. The Hall–Kier alpha value is -2.55. The summed E-state index contributed by atoms with van der Waals surface area (Å²) in [6.45, 7) is 6.76. The van der Waals surface area contributed by atoms with Crippen LogP contribution in [-0.2, 0) is 28.8 Å². The minimum absolute atomic E-state index is 0.226. The summed E-state index contributed by atoms with van der Waals surface area (Å²) in [5.74, 6) is 2.25. The van der Waals surface area contributed by atoms with Crippen LogP contribution in [0, 0.1) is 0 Å². The lowest BCUT2D eigenvalue weighted by molar-refractivity contribution is -0.136. The van der Waals surface area contributed by atoms with Gasteiger partial charge < -0.3 is 14.5 Å². The van der Waals surface area contributed by atoms with E-state index in [0.717, 1.165) is 55.5 Å². The van der Waals surface area contributed by atoms with Crippen molar-refractivity contribution in [2.45, 2.75) is 38.5 Å². The van der Waals surface area contributed by atoms with E-state index >= 15 is 0 Å². The number of amides is 1. The molecule has 7 nitrogen and oxygen atoms in total. The first-order chi connectivity index (χ1) is 17.7. The number of nitrogens with zero attached hydrogens (tertiary/aromatic N) is 5. The van der Waals surface area contributed by atoms with Gasteiger partial charge in [0.1, 0.15) is 16.5 Å². The van der Waals surface area contributed by atoms with Crippen LogP contribution in [0.2, 0.25) is 0 Å². The predicted octanol–water partition coefficient (Wildman–Crippen LogP) is 3.53. The molecule has 0 bridgehead atoms. The molecule has 1 aromatic carbocycles. The second-order valence-electron chi connectivity index (χ2n) is 10.1. The standard InChI is InChI=1S/C28H35N5O2S/c34-25(32-15-17-35-18-16-32)20-31-11-13-33(14-12-31)27-26-22-9-5-2-6-10-23(22)36-28(26)30-24(29-27)19-21-7-3-1-4-8-21/h1,3-4,7-8H,2,5-6,9-20H2. The third kappa shape index (κ3) is 5.12. The van der Waals surface area contributed by atoms with Crippen molar-refractivity contribution in [3.05, 3.63) is 52.2 Å². The average Bonchev–Trinajstić information content (AvgIpc) is 3.10. The number of carbonyl (C=O) groups excluding carboxylic acids is 1. The normalized spacial score (nSPS) is 19.3. The Kier molecular flexibility index (Phi) is 7.16. The van der Waals surface area contributed by atoms with E-state index in [4.69, 9.17) is 14.7 Å². The Morgan fingerprint density at radius 2 is 1.69 bits per heavy atom. The summed E-state index contributed by atoms with van der Waals surface area (Å²) in [4.78, 5) is 32.4. The van der Waals surface area contributed by atoms with Gasteiger partial charge in [-0.3, -0.25) is 9.69 Å². The number of fused-ring (bicyclic) bond motifs is 3. The fraction of sp³-hybridized carbons (Fsp3) is 0.536. The zero-order valence-electron chi connectivity index (χ0n) is 21.0. The summed E-state index contributed by atoms with van der Waals surface area (Å²) in [6, 6.07) is 10.5. The third-order valence-electron chi connectivity index (χ3n) is 7.69. The molecule has 4 heterocycles. The molecule has 36 heavy (non-hydrogen) atoms. The van der Waals surface area contributed by atoms with Crippen LogP contribution in [0.15, 0.2) is 30.3 Å². The first-order valence-corrected chi connectivity index (χ1v) is 14.2. The fourth-order valence-corrected chi connectivity index (χ4v) is 6.94. The SMILES string of the molecule is O=C(CN1CCN(c2nc(Cc3ccccc3)nc3sc4c(c23)CCCCC4)CC1)N1CCOCC1. The zero-order chi connectivity index (χ0) is 24.3. The topological polar surface area (TPSA) is 61.8 Å². The van der Waals surface area contributed by atoms with Crippen molar-refractivity contribution in [1.29, 1.82) is 0 Å². The molecule has 1 amide bonds. The summed E-state index contributed by atoms with van der Waals surface area (Å²) in [5, 5.41) is 1.30. The molecule has 0 spiro atoms. The fourth-order valence-electron chi connectivity index (χ4n) is 5.67. The molecule has 0 N–H and O–H groups in total. The number of hydrogen-bond donors (Lipinski definition) is 0. The minimum atomic E-state index is 0.226. The maximum atomic E-state index is 12.8. The molecule has 1 aliphatic carbocycles. The maximum absolute atomic E-state index is 12.8. The second kappa shape index (κ2) is 10.8. The predicted molar refractivity (Wildman–Crippen MR) is 144 cm³/mol. The Bertz CT molecular complexity index is 1200. The van der Waals surface area contributed by atoms with E-state index in [1.807, 2.05) is 16.2 Å². The molecule has 8 heteroatoms. The second-order valence-corrected chi connectivity index (χ2v) is 11.2. The molecular formula is C28H35N5O2S. The number of piperazine rings is 1. The summed E-state index contributed by atoms with van der Waals surface area (Å²) in [6.07, 6.45) is 6.89. The lowest BCUT2D eigenvalue weighted by Crippen LogP contribution is -2.51. The summed E-state index contributed by atoms with van der Waals surface area (Å²) >= 11 is 1.89. The van der Waals surface area contributed by atoms with Crippen LogP contribution >= 0.6 is 11.3 Å². The van der Waals surface area contributed by atoms with Gasteiger partial charge in [-0.25, -0.2) is 9.97 Å². The number of rotatable bonds is 5. The first kappa shape index (κ1) is 23.8. The van der Waals surface area contributed by atoms with Gasteiger partial charge in [0.05, 0.1) is 25.1 Å². The molecule has 2 aromatic heterocycles. The monoisotopic (exact) mass is 505 g/mol. The smallest absolute Gasteiger partial charge is 0.236 e. The highest BCUT2D eigenvalue weighted by Crippen LogP contribution is 2.39. The number of hydrogen-bond acceptors (Lipinski definition) is 7. The van der Waals surface area contributed by atoms with Crippen LogP contribution in [0.1, 0.15) is 41.1 Å². The zero-order valence-corrected chi connectivity index (χ0v) is 21.8. The van der Waals surface area contributed by atoms with E-state index < -0.39 is 0 Å². The van der Waals surface area contributed by atoms with E-state index in [0.29, 0.717) is 32.8 Å². The highest BCUT2D eigenvalue weighted by molar-refractivity contribution is 7.19. The molecule has 0 atom stereocenters. The molecule has 0 unspecified atom stereocenters. The van der Waals surface area contributed by atoms with Gasteiger partial charge in [0.15, 0.2) is 0 Å². The lowest BCUT2D eigenvalue weighted by atomic mass is 10.1. The van der Waals surface area contributed by atoms with Crippen molar-refractivity contribution >= 4 is 33.3 Å². The van der Waals surface area contributed by atoms with Crippen molar-refractivity contribution in [3.63, 3.8) is 0 Å². The molecule has 6 rings (SSSR count). The molecule has 2 fully saturated rings. The van der Waals surface area contributed by atoms with Crippen LogP contribution in [0.4, 0.5) is 5.82 Å². The minimum Gasteiger partial charge on any atom is -0.378 e. The summed E-state index contributed by atoms with van der Waals surface area (Å²) in [7, 11) is 0. The number of thiophene rings is 1. The number of carbonyl (C=O) groups is 1. The highest BCUT2D eigenvalue weighted by Gasteiger charge is 2.27.